The van der Waals surface area contributed by atoms with E-state index in [-0.39, 0.29) is 5.91 Å². The van der Waals surface area contributed by atoms with Crippen LogP contribution in [0.25, 0.3) is 16.9 Å². The lowest BCUT2D eigenvalue weighted by Gasteiger charge is -2.03. The molecule has 0 aliphatic rings. The Bertz CT molecular complexity index is 1050. The Morgan fingerprint density at radius 1 is 1.08 bits per heavy atom. The molecule has 128 valence electrons. The van der Waals surface area contributed by atoms with E-state index in [1.165, 1.54) is 5.56 Å². The Morgan fingerprint density at radius 3 is 2.69 bits per heavy atom. The standard InChI is InChI=1S/C20H17N5O/c1-14-5-7-15(8-6-14)18-19-24-17(13-25(19)11-10-22-18)20(26)23-12-16-4-2-3-9-21-16/h2-11,13H,12H2,1H3,(H,23,26). The van der Waals surface area contributed by atoms with Crippen LogP contribution >= 0.6 is 0 Å². The van der Waals surface area contributed by atoms with Crippen molar-refractivity contribution < 1.29 is 4.79 Å². The Kier molecular flexibility index (Phi) is 4.15. The largest absolute Gasteiger partial charge is 0.345 e. The minimum Gasteiger partial charge on any atom is -0.345 e. The third-order valence-electron chi connectivity index (χ3n) is 4.09. The number of nitrogens with zero attached hydrogens (tertiary/aromatic N) is 4. The molecule has 0 saturated carbocycles. The number of benzene rings is 1. The maximum absolute atomic E-state index is 12.4. The predicted octanol–water partition coefficient (Wildman–Crippen LogP) is 3.03. The second kappa shape index (κ2) is 6.76. The van der Waals surface area contributed by atoms with E-state index in [0.29, 0.717) is 17.9 Å². The summed E-state index contributed by atoms with van der Waals surface area (Å²) in [5, 5.41) is 2.85. The number of fused-ring (bicyclic) bond motifs is 1. The lowest BCUT2D eigenvalue weighted by molar-refractivity contribution is 0.0946. The van der Waals surface area contributed by atoms with Gasteiger partial charge in [-0.2, -0.15) is 0 Å². The first kappa shape index (κ1) is 16.0. The number of pyridine rings is 1. The molecule has 0 spiro atoms. The third kappa shape index (κ3) is 3.17. The summed E-state index contributed by atoms with van der Waals surface area (Å²) in [4.78, 5) is 25.6. The van der Waals surface area contributed by atoms with Crippen molar-refractivity contribution in [3.8, 4) is 11.3 Å². The zero-order chi connectivity index (χ0) is 17.9. The van der Waals surface area contributed by atoms with E-state index in [0.717, 1.165) is 17.0 Å². The summed E-state index contributed by atoms with van der Waals surface area (Å²) in [5.74, 6) is -0.241. The minimum absolute atomic E-state index is 0.241. The van der Waals surface area contributed by atoms with Crippen molar-refractivity contribution >= 4 is 11.6 Å². The highest BCUT2D eigenvalue weighted by molar-refractivity contribution is 5.93. The van der Waals surface area contributed by atoms with Crippen LogP contribution in [-0.2, 0) is 6.54 Å². The summed E-state index contributed by atoms with van der Waals surface area (Å²) in [6.07, 6.45) is 6.91. The Labute approximate surface area is 150 Å². The highest BCUT2D eigenvalue weighted by atomic mass is 16.1. The number of amides is 1. The second-order valence-corrected chi connectivity index (χ2v) is 6.00. The number of aromatic nitrogens is 4. The predicted molar refractivity (Wildman–Crippen MR) is 98.6 cm³/mol. The molecule has 0 atom stereocenters. The maximum Gasteiger partial charge on any atom is 0.271 e. The number of rotatable bonds is 4. The van der Waals surface area contributed by atoms with E-state index < -0.39 is 0 Å². The van der Waals surface area contributed by atoms with Crippen LogP contribution in [0.4, 0.5) is 0 Å². The molecule has 0 bridgehead atoms. The van der Waals surface area contributed by atoms with Gasteiger partial charge >= 0.3 is 0 Å². The molecule has 0 saturated heterocycles. The van der Waals surface area contributed by atoms with E-state index in [9.17, 15) is 4.79 Å². The average Bonchev–Trinajstić information content (AvgIpc) is 3.12. The molecule has 6 heteroatoms. The van der Waals surface area contributed by atoms with Gasteiger partial charge in [0.15, 0.2) is 5.65 Å². The van der Waals surface area contributed by atoms with Crippen LogP contribution in [0.3, 0.4) is 0 Å². The number of hydrogen-bond acceptors (Lipinski definition) is 4. The minimum atomic E-state index is -0.241. The highest BCUT2D eigenvalue weighted by Gasteiger charge is 2.14. The molecule has 3 aromatic heterocycles. The Balaban J connectivity index is 1.62. The first-order valence-electron chi connectivity index (χ1n) is 8.29. The van der Waals surface area contributed by atoms with Crippen LogP contribution in [0.2, 0.25) is 0 Å². The number of carbonyl (C=O) groups is 1. The van der Waals surface area contributed by atoms with Gasteiger partial charge in [-0.25, -0.2) is 4.98 Å². The van der Waals surface area contributed by atoms with Gasteiger partial charge in [-0.1, -0.05) is 35.9 Å². The zero-order valence-corrected chi connectivity index (χ0v) is 14.3. The summed E-state index contributed by atoms with van der Waals surface area (Å²) in [7, 11) is 0. The maximum atomic E-state index is 12.4. The van der Waals surface area contributed by atoms with Gasteiger partial charge in [0, 0.05) is 30.4 Å². The van der Waals surface area contributed by atoms with Crippen LogP contribution in [0.1, 0.15) is 21.7 Å². The van der Waals surface area contributed by atoms with Crippen molar-refractivity contribution in [3.05, 3.63) is 84.2 Å². The van der Waals surface area contributed by atoms with Gasteiger partial charge in [0.2, 0.25) is 0 Å². The van der Waals surface area contributed by atoms with Crippen LogP contribution in [0, 0.1) is 6.92 Å². The van der Waals surface area contributed by atoms with Gasteiger partial charge in [0.1, 0.15) is 11.4 Å². The summed E-state index contributed by atoms with van der Waals surface area (Å²) >= 11 is 0. The Hall–Kier alpha value is -3.54. The van der Waals surface area contributed by atoms with Crippen molar-refractivity contribution in [2.45, 2.75) is 13.5 Å². The van der Waals surface area contributed by atoms with Gasteiger partial charge in [-0.05, 0) is 19.1 Å². The quantitative estimate of drug-likeness (QED) is 0.618. The number of hydrogen-bond donors (Lipinski definition) is 1. The molecule has 6 nitrogen and oxygen atoms in total. The van der Waals surface area contributed by atoms with Crippen molar-refractivity contribution in [1.82, 2.24) is 24.7 Å². The van der Waals surface area contributed by atoms with Gasteiger partial charge in [0.25, 0.3) is 5.91 Å². The van der Waals surface area contributed by atoms with E-state index in [4.69, 9.17) is 0 Å². The fourth-order valence-electron chi connectivity index (χ4n) is 2.71. The van der Waals surface area contributed by atoms with Crippen molar-refractivity contribution in [1.29, 1.82) is 0 Å². The molecule has 4 rings (SSSR count). The molecule has 1 aromatic carbocycles. The summed E-state index contributed by atoms with van der Waals surface area (Å²) < 4.78 is 1.82. The molecule has 0 aliphatic heterocycles. The third-order valence-corrected chi connectivity index (χ3v) is 4.09. The van der Waals surface area contributed by atoms with E-state index in [2.05, 4.69) is 20.3 Å². The highest BCUT2D eigenvalue weighted by Crippen LogP contribution is 2.22. The number of aryl methyl sites for hydroxylation is 1. The lowest BCUT2D eigenvalue weighted by atomic mass is 10.1. The van der Waals surface area contributed by atoms with Crippen molar-refractivity contribution in [2.75, 3.05) is 0 Å². The molecular formula is C20H17N5O. The van der Waals surface area contributed by atoms with Crippen LogP contribution in [0.15, 0.2) is 67.3 Å². The Morgan fingerprint density at radius 2 is 1.92 bits per heavy atom. The monoisotopic (exact) mass is 343 g/mol. The number of carbonyl (C=O) groups excluding carboxylic acids is 1. The lowest BCUT2D eigenvalue weighted by Crippen LogP contribution is -2.23. The van der Waals surface area contributed by atoms with Gasteiger partial charge in [0.05, 0.1) is 12.2 Å². The molecular weight excluding hydrogens is 326 g/mol. The van der Waals surface area contributed by atoms with Crippen LogP contribution in [-0.4, -0.2) is 25.3 Å². The first-order valence-corrected chi connectivity index (χ1v) is 8.29. The molecule has 26 heavy (non-hydrogen) atoms. The van der Waals surface area contributed by atoms with Gasteiger partial charge in [-0.15, -0.1) is 0 Å². The second-order valence-electron chi connectivity index (χ2n) is 6.00. The normalized spacial score (nSPS) is 10.8. The molecule has 1 amide bonds. The molecule has 0 aliphatic carbocycles. The zero-order valence-electron chi connectivity index (χ0n) is 14.3. The van der Waals surface area contributed by atoms with Crippen molar-refractivity contribution in [2.24, 2.45) is 0 Å². The number of nitrogens with one attached hydrogen (secondary N) is 1. The fraction of sp³-hybridized carbons (Fsp3) is 0.100. The van der Waals surface area contributed by atoms with Gasteiger partial charge in [-0.3, -0.25) is 14.8 Å². The summed E-state index contributed by atoms with van der Waals surface area (Å²) in [6, 6.07) is 13.7. The average molecular weight is 343 g/mol. The van der Waals surface area contributed by atoms with E-state index in [1.807, 2.05) is 53.8 Å². The molecule has 0 fully saturated rings. The molecule has 0 radical (unpaired) electrons. The smallest absolute Gasteiger partial charge is 0.271 e. The number of imidazole rings is 1. The molecule has 1 N–H and O–H groups in total. The van der Waals surface area contributed by atoms with Gasteiger partial charge < -0.3 is 9.72 Å². The fourth-order valence-corrected chi connectivity index (χ4v) is 2.71. The first-order chi connectivity index (χ1) is 12.7. The van der Waals surface area contributed by atoms with E-state index in [1.54, 1.807) is 24.8 Å². The van der Waals surface area contributed by atoms with E-state index >= 15 is 0 Å². The molecule has 0 unspecified atom stereocenters. The van der Waals surface area contributed by atoms with Crippen molar-refractivity contribution in [3.63, 3.8) is 0 Å². The summed E-state index contributed by atoms with van der Waals surface area (Å²) in [6.45, 7) is 2.40. The summed E-state index contributed by atoms with van der Waals surface area (Å²) in [5.41, 5.74) is 4.69. The SMILES string of the molecule is Cc1ccc(-c2nccn3cc(C(=O)NCc4ccccn4)nc23)cc1. The van der Waals surface area contributed by atoms with Crippen LogP contribution in [0.5, 0.6) is 0 Å². The molecule has 3 heterocycles. The topological polar surface area (TPSA) is 72.2 Å². The molecule has 4 aromatic rings. The van der Waals surface area contributed by atoms with Crippen LogP contribution < -0.4 is 5.32 Å².